The number of thioether (sulfide) groups is 1. The normalized spacial score (nSPS) is 13.3. The molecule has 0 spiro atoms. The van der Waals surface area contributed by atoms with Gasteiger partial charge in [0.1, 0.15) is 0 Å². The Morgan fingerprint density at radius 1 is 1.50 bits per heavy atom. The molecule has 0 bridgehead atoms. The number of rotatable bonds is 2. The van der Waals surface area contributed by atoms with E-state index in [0.29, 0.717) is 0 Å². The van der Waals surface area contributed by atoms with E-state index in [1.165, 1.54) is 11.8 Å². The Kier molecular flexibility index (Phi) is 4.99. The highest BCUT2D eigenvalue weighted by molar-refractivity contribution is 8.20. The Morgan fingerprint density at radius 2 is 2.00 bits per heavy atom. The summed E-state index contributed by atoms with van der Waals surface area (Å²) in [5.74, 6) is 0. The topological polar surface area (TPSA) is 29.1 Å². The summed E-state index contributed by atoms with van der Waals surface area (Å²) < 4.78 is 0.0683. The summed E-state index contributed by atoms with van der Waals surface area (Å²) in [4.78, 5) is 10.9. The van der Waals surface area contributed by atoms with Crippen LogP contribution in [0.5, 0.6) is 0 Å². The minimum atomic E-state index is -0.00231. The van der Waals surface area contributed by atoms with Gasteiger partial charge in [-0.05, 0) is 20.8 Å². The van der Waals surface area contributed by atoms with Crippen molar-refractivity contribution in [2.75, 3.05) is 0 Å². The van der Waals surface area contributed by atoms with E-state index in [2.05, 4.69) is 17.9 Å². The quantitative estimate of drug-likeness (QED) is 0.502. The molecule has 0 aromatic carbocycles. The Hall–Kier alpha value is 0.170. The molecule has 60 valence electrons. The second kappa shape index (κ2) is 4.91. The summed E-state index contributed by atoms with van der Waals surface area (Å²) >= 11 is 5.26. The zero-order valence-electron chi connectivity index (χ0n) is 6.42. The van der Waals surface area contributed by atoms with Gasteiger partial charge in [-0.25, -0.2) is 0 Å². The highest BCUT2D eigenvalue weighted by Crippen LogP contribution is 2.13. The monoisotopic (exact) mass is 179 g/mol. The molecule has 10 heavy (non-hydrogen) atoms. The molecule has 0 aromatic rings. The van der Waals surface area contributed by atoms with Crippen LogP contribution in [0, 0.1) is 0 Å². The second-order valence-corrected chi connectivity index (χ2v) is 4.74. The van der Waals surface area contributed by atoms with Crippen LogP contribution in [-0.2, 0) is 0 Å². The third kappa shape index (κ3) is 6.29. The SMILES string of the molecule is CC(C)NC(=O)SC(C)S. The summed E-state index contributed by atoms with van der Waals surface area (Å²) in [6.07, 6.45) is 0. The summed E-state index contributed by atoms with van der Waals surface area (Å²) in [6.45, 7) is 5.73. The molecule has 0 heterocycles. The maximum absolute atomic E-state index is 10.9. The molecule has 0 fully saturated rings. The van der Waals surface area contributed by atoms with E-state index in [0.717, 1.165) is 0 Å². The second-order valence-electron chi connectivity index (χ2n) is 2.30. The fourth-order valence-corrected chi connectivity index (χ4v) is 1.33. The van der Waals surface area contributed by atoms with Gasteiger partial charge in [-0.2, -0.15) is 12.6 Å². The van der Waals surface area contributed by atoms with E-state index < -0.39 is 0 Å². The minimum Gasteiger partial charge on any atom is -0.345 e. The number of thiol groups is 1. The van der Waals surface area contributed by atoms with Crippen molar-refractivity contribution in [2.24, 2.45) is 0 Å². The number of hydrogen-bond acceptors (Lipinski definition) is 3. The zero-order valence-corrected chi connectivity index (χ0v) is 8.13. The van der Waals surface area contributed by atoms with Crippen LogP contribution in [0.4, 0.5) is 4.79 Å². The first-order valence-corrected chi connectivity index (χ1v) is 4.57. The van der Waals surface area contributed by atoms with Crippen molar-refractivity contribution in [1.82, 2.24) is 5.32 Å². The molecule has 0 radical (unpaired) electrons. The van der Waals surface area contributed by atoms with E-state index in [-0.39, 0.29) is 15.9 Å². The van der Waals surface area contributed by atoms with Gasteiger partial charge in [0.2, 0.25) is 0 Å². The molecule has 2 nitrogen and oxygen atoms in total. The average Bonchev–Trinajstić information content (AvgIpc) is 1.58. The molecule has 0 saturated heterocycles. The van der Waals surface area contributed by atoms with Crippen molar-refractivity contribution in [1.29, 1.82) is 0 Å². The predicted molar refractivity (Wildman–Crippen MR) is 49.7 cm³/mol. The highest BCUT2D eigenvalue weighted by Gasteiger charge is 2.05. The van der Waals surface area contributed by atoms with Gasteiger partial charge in [-0.3, -0.25) is 4.79 Å². The lowest BCUT2D eigenvalue weighted by molar-refractivity contribution is 0.259. The Labute approximate surface area is 71.6 Å². The third-order valence-corrected chi connectivity index (χ3v) is 1.67. The van der Waals surface area contributed by atoms with Crippen LogP contribution < -0.4 is 5.32 Å². The van der Waals surface area contributed by atoms with Gasteiger partial charge < -0.3 is 5.32 Å². The van der Waals surface area contributed by atoms with Gasteiger partial charge in [0.15, 0.2) is 0 Å². The number of carbonyl (C=O) groups excluding carboxylic acids is 1. The lowest BCUT2D eigenvalue weighted by Gasteiger charge is -2.08. The maximum atomic E-state index is 10.9. The first kappa shape index (κ1) is 10.2. The van der Waals surface area contributed by atoms with Crippen molar-refractivity contribution in [3.05, 3.63) is 0 Å². The van der Waals surface area contributed by atoms with Crippen molar-refractivity contribution in [3.63, 3.8) is 0 Å². The smallest absolute Gasteiger partial charge is 0.280 e. The van der Waals surface area contributed by atoms with Gasteiger partial charge in [0.05, 0.1) is 4.58 Å². The fourth-order valence-electron chi connectivity index (χ4n) is 0.425. The van der Waals surface area contributed by atoms with E-state index in [9.17, 15) is 4.79 Å². The van der Waals surface area contributed by atoms with Crippen molar-refractivity contribution in [2.45, 2.75) is 31.4 Å². The van der Waals surface area contributed by atoms with Crippen LogP contribution in [0.15, 0.2) is 0 Å². The first-order chi connectivity index (χ1) is 4.52. The van der Waals surface area contributed by atoms with Gasteiger partial charge in [0.25, 0.3) is 5.24 Å². The molecular weight excluding hydrogens is 166 g/mol. The molecule has 0 rings (SSSR count). The van der Waals surface area contributed by atoms with Crippen LogP contribution in [0.2, 0.25) is 0 Å². The Morgan fingerprint density at radius 3 is 2.30 bits per heavy atom. The molecule has 1 N–H and O–H groups in total. The lowest BCUT2D eigenvalue weighted by atomic mass is 10.4. The van der Waals surface area contributed by atoms with Crippen molar-refractivity contribution in [3.8, 4) is 0 Å². The molecule has 0 saturated carbocycles. The molecule has 0 aliphatic carbocycles. The lowest BCUT2D eigenvalue weighted by Crippen LogP contribution is -2.27. The minimum absolute atomic E-state index is 0.00231. The zero-order chi connectivity index (χ0) is 8.15. The van der Waals surface area contributed by atoms with Crippen LogP contribution in [0.25, 0.3) is 0 Å². The standard InChI is InChI=1S/C6H13NOS2/c1-4(2)7-6(8)10-5(3)9/h4-5,9H,1-3H3,(H,7,8). The van der Waals surface area contributed by atoms with Gasteiger partial charge in [-0.15, -0.1) is 0 Å². The molecular formula is C6H13NOS2. The first-order valence-electron chi connectivity index (χ1n) is 3.17. The fraction of sp³-hybridized carbons (Fsp3) is 0.833. The summed E-state index contributed by atoms with van der Waals surface area (Å²) in [6, 6.07) is 0.215. The van der Waals surface area contributed by atoms with Gasteiger partial charge in [-0.1, -0.05) is 11.8 Å². The number of nitrogens with one attached hydrogen (secondary N) is 1. The molecule has 1 atom stereocenters. The molecule has 0 aliphatic heterocycles. The molecule has 4 heteroatoms. The van der Waals surface area contributed by atoms with Crippen LogP contribution in [0.1, 0.15) is 20.8 Å². The molecule has 1 unspecified atom stereocenters. The highest BCUT2D eigenvalue weighted by atomic mass is 32.2. The van der Waals surface area contributed by atoms with Crippen molar-refractivity contribution >= 4 is 29.6 Å². The predicted octanol–water partition coefficient (Wildman–Crippen LogP) is 2.11. The average molecular weight is 179 g/mol. The van der Waals surface area contributed by atoms with Crippen molar-refractivity contribution < 1.29 is 4.79 Å². The van der Waals surface area contributed by atoms with E-state index in [4.69, 9.17) is 0 Å². The Balaban J connectivity index is 3.44. The molecule has 0 aromatic heterocycles. The summed E-state index contributed by atoms with van der Waals surface area (Å²) in [7, 11) is 0. The summed E-state index contributed by atoms with van der Waals surface area (Å²) in [5, 5.41) is 2.75. The van der Waals surface area contributed by atoms with E-state index in [1.54, 1.807) is 0 Å². The number of amides is 1. The van der Waals surface area contributed by atoms with E-state index in [1.807, 2.05) is 20.8 Å². The molecule has 1 amide bonds. The van der Waals surface area contributed by atoms with Crippen LogP contribution >= 0.6 is 24.4 Å². The largest absolute Gasteiger partial charge is 0.345 e. The molecule has 0 aliphatic rings. The van der Waals surface area contributed by atoms with Crippen LogP contribution in [0.3, 0.4) is 0 Å². The van der Waals surface area contributed by atoms with E-state index >= 15 is 0 Å². The van der Waals surface area contributed by atoms with Gasteiger partial charge in [0, 0.05) is 6.04 Å². The summed E-state index contributed by atoms with van der Waals surface area (Å²) in [5.41, 5.74) is 0. The van der Waals surface area contributed by atoms with Gasteiger partial charge >= 0.3 is 0 Å². The third-order valence-electron chi connectivity index (χ3n) is 0.684. The number of hydrogen-bond donors (Lipinski definition) is 2. The maximum Gasteiger partial charge on any atom is 0.280 e. The Bertz CT molecular complexity index is 102. The number of carbonyl (C=O) groups is 1. The van der Waals surface area contributed by atoms with Crippen LogP contribution in [-0.4, -0.2) is 15.9 Å².